The number of hydrogen-bond donors (Lipinski definition) is 7. The Labute approximate surface area is 193 Å². The number of esters is 1. The lowest BCUT2D eigenvalue weighted by atomic mass is 10.0. The molecule has 3 amide bonds. The van der Waals surface area contributed by atoms with E-state index in [9.17, 15) is 34.5 Å². The molecule has 14 heteroatoms. The normalized spacial score (nSPS) is 24.6. The summed E-state index contributed by atoms with van der Waals surface area (Å²) in [5, 5.41) is 45.6. The van der Waals surface area contributed by atoms with Crippen molar-refractivity contribution >= 4 is 23.9 Å². The molecule has 0 saturated carbocycles. The summed E-state index contributed by atoms with van der Waals surface area (Å²) < 4.78 is 14.7. The molecule has 34 heavy (non-hydrogen) atoms. The van der Waals surface area contributed by atoms with E-state index in [1.54, 1.807) is 30.3 Å². The number of alkyl carbamates (subject to hydrolysis) is 1. The Balaban J connectivity index is 1.85. The van der Waals surface area contributed by atoms with Crippen molar-refractivity contribution in [2.75, 3.05) is 26.8 Å². The van der Waals surface area contributed by atoms with Crippen molar-refractivity contribution < 1.29 is 53.8 Å². The highest BCUT2D eigenvalue weighted by molar-refractivity contribution is 5.91. The highest BCUT2D eigenvalue weighted by Gasteiger charge is 2.62. The third kappa shape index (κ3) is 6.61. The van der Waals surface area contributed by atoms with Crippen molar-refractivity contribution in [1.29, 1.82) is 0 Å². The SMILES string of the molecule is COC(=O)[C@]1(NC(=O)CNC(=O)CNC(=O)OCc2ccccc2)O[C@H]([C@H](O)CO)[C@H](O)[C@@H]1O. The minimum atomic E-state index is -2.60. The number of carbonyl (C=O) groups excluding carboxylic acids is 4. The predicted molar refractivity (Wildman–Crippen MR) is 111 cm³/mol. The minimum Gasteiger partial charge on any atom is -0.465 e. The van der Waals surface area contributed by atoms with Gasteiger partial charge in [0.2, 0.25) is 11.8 Å². The second-order valence-corrected chi connectivity index (χ2v) is 7.24. The second kappa shape index (κ2) is 12.2. The van der Waals surface area contributed by atoms with Crippen molar-refractivity contribution in [1.82, 2.24) is 16.0 Å². The zero-order valence-electron chi connectivity index (χ0n) is 18.2. The summed E-state index contributed by atoms with van der Waals surface area (Å²) >= 11 is 0. The summed E-state index contributed by atoms with van der Waals surface area (Å²) in [6, 6.07) is 8.83. The minimum absolute atomic E-state index is 0.00748. The molecule has 1 aromatic carbocycles. The Bertz CT molecular complexity index is 869. The average molecular weight is 485 g/mol. The molecule has 1 heterocycles. The lowest BCUT2D eigenvalue weighted by Gasteiger charge is -2.30. The van der Waals surface area contributed by atoms with E-state index in [4.69, 9.17) is 14.6 Å². The van der Waals surface area contributed by atoms with E-state index in [-0.39, 0.29) is 6.61 Å². The number of amides is 3. The van der Waals surface area contributed by atoms with Gasteiger partial charge in [-0.1, -0.05) is 30.3 Å². The number of aliphatic hydroxyl groups excluding tert-OH is 4. The maximum Gasteiger partial charge on any atom is 0.407 e. The van der Waals surface area contributed by atoms with Crippen LogP contribution in [-0.4, -0.2) is 101 Å². The number of aliphatic hydroxyl groups is 4. The second-order valence-electron chi connectivity index (χ2n) is 7.24. The molecule has 0 radical (unpaired) electrons. The smallest absolute Gasteiger partial charge is 0.407 e. The number of nitrogens with one attached hydrogen (secondary N) is 3. The van der Waals surface area contributed by atoms with Gasteiger partial charge in [-0.3, -0.25) is 9.59 Å². The molecule has 188 valence electrons. The summed E-state index contributed by atoms with van der Waals surface area (Å²) in [6.07, 6.45) is -8.09. The molecule has 1 aromatic rings. The fraction of sp³-hybridized carbons (Fsp3) is 0.500. The predicted octanol–water partition coefficient (Wildman–Crippen LogP) is -3.51. The van der Waals surface area contributed by atoms with Gasteiger partial charge in [0.05, 0.1) is 20.3 Å². The summed E-state index contributed by atoms with van der Waals surface area (Å²) in [5.41, 5.74) is -1.86. The van der Waals surface area contributed by atoms with Gasteiger partial charge in [-0.15, -0.1) is 0 Å². The number of benzene rings is 1. The van der Waals surface area contributed by atoms with Crippen LogP contribution in [0.25, 0.3) is 0 Å². The molecule has 0 bridgehead atoms. The van der Waals surface area contributed by atoms with Crippen molar-refractivity contribution in [3.05, 3.63) is 35.9 Å². The number of ether oxygens (including phenoxy) is 3. The quantitative estimate of drug-likeness (QED) is 0.161. The summed E-state index contributed by atoms with van der Waals surface area (Å²) in [4.78, 5) is 48.1. The summed E-state index contributed by atoms with van der Waals surface area (Å²) in [5.74, 6) is -3.11. The largest absolute Gasteiger partial charge is 0.465 e. The molecular weight excluding hydrogens is 458 g/mol. The standard InChI is InChI=1S/C20H27N3O11/c1-32-18(30)20(17(29)15(28)16(34-20)12(25)9-24)23-14(27)8-21-13(26)7-22-19(31)33-10-11-5-3-2-4-6-11/h2-6,12,15-17,24-25,28-29H,7-10H2,1H3,(H,21,26)(H,22,31)(H,23,27)/t12-,15+,16-,17+,20-/m1/s1. The first-order valence-electron chi connectivity index (χ1n) is 10.1. The Kier molecular flexibility index (Phi) is 9.70. The maximum atomic E-state index is 12.3. The van der Waals surface area contributed by atoms with Crippen LogP contribution in [0.15, 0.2) is 30.3 Å². The molecule has 1 saturated heterocycles. The van der Waals surface area contributed by atoms with Crippen molar-refractivity contribution in [3.8, 4) is 0 Å². The van der Waals surface area contributed by atoms with Crippen molar-refractivity contribution in [3.63, 3.8) is 0 Å². The lowest BCUT2D eigenvalue weighted by molar-refractivity contribution is -0.190. The molecule has 1 fully saturated rings. The molecule has 1 aliphatic rings. The van der Waals surface area contributed by atoms with Crippen LogP contribution in [0.4, 0.5) is 4.79 Å². The highest BCUT2D eigenvalue weighted by atomic mass is 16.6. The van der Waals surface area contributed by atoms with E-state index in [1.165, 1.54) is 0 Å². The van der Waals surface area contributed by atoms with Crippen LogP contribution in [0.2, 0.25) is 0 Å². The molecule has 2 rings (SSSR count). The average Bonchev–Trinajstić information content (AvgIpc) is 3.10. The zero-order valence-corrected chi connectivity index (χ0v) is 18.2. The topological polar surface area (TPSA) is 213 Å². The van der Waals surface area contributed by atoms with Crippen molar-refractivity contribution in [2.45, 2.75) is 36.7 Å². The fourth-order valence-corrected chi connectivity index (χ4v) is 3.08. The Morgan fingerprint density at radius 2 is 1.74 bits per heavy atom. The van der Waals surface area contributed by atoms with Gasteiger partial charge in [0.1, 0.15) is 37.6 Å². The van der Waals surface area contributed by atoms with E-state index in [1.807, 2.05) is 5.32 Å². The Morgan fingerprint density at radius 3 is 2.35 bits per heavy atom. The lowest BCUT2D eigenvalue weighted by Crippen LogP contribution is -2.63. The van der Waals surface area contributed by atoms with E-state index in [2.05, 4.69) is 15.4 Å². The van der Waals surface area contributed by atoms with Crippen LogP contribution in [0.3, 0.4) is 0 Å². The number of hydrogen-bond acceptors (Lipinski definition) is 11. The van der Waals surface area contributed by atoms with Crippen LogP contribution in [0, 0.1) is 0 Å². The van der Waals surface area contributed by atoms with Crippen LogP contribution in [-0.2, 0) is 35.2 Å². The highest BCUT2D eigenvalue weighted by Crippen LogP contribution is 2.32. The number of carbonyl (C=O) groups is 4. The molecule has 0 unspecified atom stereocenters. The van der Waals surface area contributed by atoms with Gasteiger partial charge in [-0.25, -0.2) is 9.59 Å². The van der Waals surface area contributed by atoms with Gasteiger partial charge in [0.25, 0.3) is 5.72 Å². The molecule has 7 N–H and O–H groups in total. The van der Waals surface area contributed by atoms with Gasteiger partial charge < -0.3 is 50.6 Å². The maximum absolute atomic E-state index is 12.3. The Hall–Kier alpha value is -3.30. The molecule has 5 atom stereocenters. The monoisotopic (exact) mass is 485 g/mol. The first kappa shape index (κ1) is 26.9. The van der Waals surface area contributed by atoms with E-state index < -0.39 is 73.7 Å². The molecule has 0 aliphatic carbocycles. The van der Waals surface area contributed by atoms with Gasteiger partial charge in [0.15, 0.2) is 0 Å². The molecule has 0 spiro atoms. The number of methoxy groups -OCH3 is 1. The van der Waals surface area contributed by atoms with Crippen LogP contribution < -0.4 is 16.0 Å². The number of rotatable bonds is 10. The molecule has 1 aliphatic heterocycles. The Morgan fingerprint density at radius 1 is 1.09 bits per heavy atom. The van der Waals surface area contributed by atoms with Gasteiger partial charge in [0, 0.05) is 0 Å². The zero-order chi connectivity index (χ0) is 25.3. The van der Waals surface area contributed by atoms with Crippen molar-refractivity contribution in [2.24, 2.45) is 0 Å². The molecule has 14 nitrogen and oxygen atoms in total. The van der Waals surface area contributed by atoms with Gasteiger partial charge in [-0.05, 0) is 5.56 Å². The van der Waals surface area contributed by atoms with E-state index >= 15 is 0 Å². The summed E-state index contributed by atoms with van der Waals surface area (Å²) in [7, 11) is 0.929. The fourth-order valence-electron chi connectivity index (χ4n) is 3.08. The first-order valence-corrected chi connectivity index (χ1v) is 10.1. The van der Waals surface area contributed by atoms with Gasteiger partial charge in [-0.2, -0.15) is 0 Å². The first-order chi connectivity index (χ1) is 16.1. The van der Waals surface area contributed by atoms with E-state index in [0.29, 0.717) is 0 Å². The van der Waals surface area contributed by atoms with Crippen LogP contribution in [0.5, 0.6) is 0 Å². The van der Waals surface area contributed by atoms with Crippen LogP contribution >= 0.6 is 0 Å². The summed E-state index contributed by atoms with van der Waals surface area (Å²) in [6.45, 7) is -2.10. The van der Waals surface area contributed by atoms with Gasteiger partial charge >= 0.3 is 12.1 Å². The molecular formula is C20H27N3O11. The third-order valence-electron chi connectivity index (χ3n) is 4.83. The van der Waals surface area contributed by atoms with Crippen LogP contribution in [0.1, 0.15) is 5.56 Å². The van der Waals surface area contributed by atoms with E-state index in [0.717, 1.165) is 12.7 Å². The molecule has 0 aromatic heterocycles. The third-order valence-corrected chi connectivity index (χ3v) is 4.83.